The van der Waals surface area contributed by atoms with Crippen molar-refractivity contribution in [2.45, 2.75) is 51.1 Å². The molecule has 1 aliphatic rings. The maximum absolute atomic E-state index is 12.9. The van der Waals surface area contributed by atoms with Crippen LogP contribution in [0.1, 0.15) is 45.1 Å². The van der Waals surface area contributed by atoms with Crippen molar-refractivity contribution in [1.82, 2.24) is 20.3 Å². The second-order valence-electron chi connectivity index (χ2n) is 5.88. The van der Waals surface area contributed by atoms with E-state index in [9.17, 15) is 23.6 Å². The van der Waals surface area contributed by atoms with Crippen molar-refractivity contribution in [2.75, 3.05) is 0 Å². The Kier molecular flexibility index (Phi) is 3.17. The van der Waals surface area contributed by atoms with E-state index in [0.717, 1.165) is 6.20 Å². The van der Waals surface area contributed by atoms with Gasteiger partial charge in [0.25, 0.3) is 0 Å². The van der Waals surface area contributed by atoms with Gasteiger partial charge in [-0.05, 0) is 27.7 Å². The van der Waals surface area contributed by atoms with Crippen LogP contribution in [0, 0.1) is 0 Å². The number of halogens is 3. The molecule has 2 heterocycles. The minimum absolute atomic E-state index is 0.332. The maximum Gasteiger partial charge on any atom is 0.433 e. The summed E-state index contributed by atoms with van der Waals surface area (Å²) in [6, 6.07) is 0. The lowest BCUT2D eigenvalue weighted by molar-refractivity contribution is -0.225. The zero-order chi connectivity index (χ0) is 15.5. The molecule has 1 aromatic heterocycles. The first kappa shape index (κ1) is 15.2. The first-order valence-corrected chi connectivity index (χ1v) is 5.99. The van der Waals surface area contributed by atoms with Crippen molar-refractivity contribution < 1.29 is 23.6 Å². The molecule has 1 aliphatic heterocycles. The molecular weight excluding hydrogens is 277 g/mol. The smallest absolute Gasteiger partial charge is 0.311 e. The number of rotatable bonds is 1. The van der Waals surface area contributed by atoms with Crippen LogP contribution in [0.25, 0.3) is 0 Å². The molecule has 0 bridgehead atoms. The average Bonchev–Trinajstić information content (AvgIpc) is 2.80. The summed E-state index contributed by atoms with van der Waals surface area (Å²) in [7, 11) is 0. The fraction of sp³-hybridized carbons (Fsp3) is 0.727. The summed E-state index contributed by atoms with van der Waals surface area (Å²) in [5, 5.41) is 27.1. The number of nitrogens with one attached hydrogen (secondary N) is 1. The van der Waals surface area contributed by atoms with E-state index in [1.54, 1.807) is 27.7 Å². The van der Waals surface area contributed by atoms with Gasteiger partial charge in [0.05, 0.1) is 17.3 Å². The van der Waals surface area contributed by atoms with E-state index in [-0.39, 0.29) is 5.56 Å². The summed E-state index contributed by atoms with van der Waals surface area (Å²) in [4.78, 5) is 0. The van der Waals surface area contributed by atoms with E-state index < -0.39 is 29.1 Å². The van der Waals surface area contributed by atoms with Crippen LogP contribution < -0.4 is 0 Å². The lowest BCUT2D eigenvalue weighted by Gasteiger charge is -2.37. The second kappa shape index (κ2) is 4.17. The van der Waals surface area contributed by atoms with E-state index in [1.165, 1.54) is 0 Å². The molecule has 6 nitrogen and oxygen atoms in total. The number of hydrogen-bond acceptors (Lipinski definition) is 5. The van der Waals surface area contributed by atoms with Gasteiger partial charge in [-0.2, -0.15) is 28.4 Å². The number of nitrogens with zero attached hydrogens (tertiary/aromatic N) is 3. The van der Waals surface area contributed by atoms with E-state index in [0.29, 0.717) is 10.1 Å². The number of hydrogen-bond donors (Lipinski definition) is 3. The van der Waals surface area contributed by atoms with Crippen molar-refractivity contribution in [1.29, 1.82) is 0 Å². The van der Waals surface area contributed by atoms with Crippen LogP contribution >= 0.6 is 0 Å². The molecular formula is C11H17F3N4O2. The van der Waals surface area contributed by atoms with Crippen LogP contribution in [0.4, 0.5) is 13.2 Å². The van der Waals surface area contributed by atoms with Crippen LogP contribution in [-0.4, -0.2) is 41.8 Å². The Morgan fingerprint density at radius 3 is 2.00 bits per heavy atom. The largest absolute Gasteiger partial charge is 0.433 e. The molecule has 0 atom stereocenters. The van der Waals surface area contributed by atoms with Gasteiger partial charge < -0.3 is 10.4 Å². The fourth-order valence-corrected chi connectivity index (χ4v) is 2.26. The first-order chi connectivity index (χ1) is 8.92. The van der Waals surface area contributed by atoms with Gasteiger partial charge in [0.1, 0.15) is 11.9 Å². The monoisotopic (exact) mass is 294 g/mol. The van der Waals surface area contributed by atoms with E-state index >= 15 is 0 Å². The van der Waals surface area contributed by atoms with Crippen molar-refractivity contribution in [3.8, 4) is 0 Å². The van der Waals surface area contributed by atoms with Gasteiger partial charge in [0.15, 0.2) is 0 Å². The fourth-order valence-electron chi connectivity index (χ4n) is 2.26. The molecule has 0 aliphatic carbocycles. The predicted octanol–water partition coefficient (Wildman–Crippen LogP) is 2.38. The van der Waals surface area contributed by atoms with Gasteiger partial charge in [-0.15, -0.1) is 0 Å². The van der Waals surface area contributed by atoms with Crippen LogP contribution in [0.5, 0.6) is 0 Å². The molecule has 114 valence electrons. The number of alkyl halides is 3. The third-order valence-corrected chi connectivity index (χ3v) is 4.34. The third kappa shape index (κ3) is 1.85. The zero-order valence-electron chi connectivity index (χ0n) is 11.5. The average molecular weight is 294 g/mol. The molecule has 0 unspecified atom stereocenters. The van der Waals surface area contributed by atoms with Gasteiger partial charge >= 0.3 is 6.18 Å². The summed E-state index contributed by atoms with van der Waals surface area (Å²) >= 11 is 0. The van der Waals surface area contributed by atoms with Crippen molar-refractivity contribution in [2.24, 2.45) is 0 Å². The highest BCUT2D eigenvalue weighted by molar-refractivity contribution is 5.26. The predicted molar refractivity (Wildman–Crippen MR) is 61.7 cm³/mol. The molecule has 1 fully saturated rings. The molecule has 20 heavy (non-hydrogen) atoms. The Morgan fingerprint density at radius 1 is 1.15 bits per heavy atom. The molecule has 0 saturated carbocycles. The quantitative estimate of drug-likeness (QED) is 0.741. The first-order valence-electron chi connectivity index (χ1n) is 5.99. The summed E-state index contributed by atoms with van der Waals surface area (Å²) in [5.74, 6) is 0. The summed E-state index contributed by atoms with van der Waals surface area (Å²) in [6.45, 7) is 6.51. The van der Waals surface area contributed by atoms with Crippen LogP contribution in [0.2, 0.25) is 0 Å². The number of aromatic amines is 1. The SMILES string of the molecule is CC1(C)N(O)C(c2cn[nH]c2C(F)(F)F)N(O)C1(C)C. The highest BCUT2D eigenvalue weighted by Gasteiger charge is 2.59. The van der Waals surface area contributed by atoms with Crippen LogP contribution in [0.15, 0.2) is 6.20 Å². The lowest BCUT2D eigenvalue weighted by Crippen LogP contribution is -2.52. The van der Waals surface area contributed by atoms with E-state index in [4.69, 9.17) is 0 Å². The zero-order valence-corrected chi connectivity index (χ0v) is 11.5. The lowest BCUT2D eigenvalue weighted by atomic mass is 9.84. The summed E-state index contributed by atoms with van der Waals surface area (Å²) in [6.07, 6.45) is -5.04. The van der Waals surface area contributed by atoms with Crippen LogP contribution in [-0.2, 0) is 6.18 Å². The number of H-pyrrole nitrogens is 1. The normalized spacial score (nSPS) is 24.4. The summed E-state index contributed by atoms with van der Waals surface area (Å²) in [5.41, 5.74) is -3.35. The van der Waals surface area contributed by atoms with Crippen molar-refractivity contribution >= 4 is 0 Å². The maximum atomic E-state index is 12.9. The van der Waals surface area contributed by atoms with Gasteiger partial charge in [0.2, 0.25) is 0 Å². The minimum Gasteiger partial charge on any atom is -0.311 e. The third-order valence-electron chi connectivity index (χ3n) is 4.34. The summed E-state index contributed by atoms with van der Waals surface area (Å²) < 4.78 is 38.7. The molecule has 0 amide bonds. The molecule has 1 saturated heterocycles. The highest BCUT2D eigenvalue weighted by atomic mass is 19.4. The van der Waals surface area contributed by atoms with Gasteiger partial charge in [0, 0.05) is 5.56 Å². The van der Waals surface area contributed by atoms with Crippen LogP contribution in [0.3, 0.4) is 0 Å². The standard InChI is InChI=1S/C11H17F3N4O2/c1-9(2)10(3,4)18(20)8(17(9)19)6-5-15-16-7(6)11(12,13)14/h5,8,19-20H,1-4H3,(H,15,16). The molecule has 1 aromatic rings. The highest BCUT2D eigenvalue weighted by Crippen LogP contribution is 2.49. The van der Waals surface area contributed by atoms with Gasteiger partial charge in [-0.1, -0.05) is 0 Å². The molecule has 0 spiro atoms. The Hall–Kier alpha value is -1.16. The van der Waals surface area contributed by atoms with Crippen molar-refractivity contribution in [3.05, 3.63) is 17.5 Å². The van der Waals surface area contributed by atoms with E-state index in [1.807, 2.05) is 5.10 Å². The molecule has 3 N–H and O–H groups in total. The van der Waals surface area contributed by atoms with Gasteiger partial charge in [-0.25, -0.2) is 0 Å². The number of hydroxylamine groups is 4. The van der Waals surface area contributed by atoms with Gasteiger partial charge in [-0.3, -0.25) is 5.10 Å². The molecule has 0 radical (unpaired) electrons. The Bertz CT molecular complexity index is 492. The Balaban J connectivity index is 2.53. The Morgan fingerprint density at radius 2 is 1.60 bits per heavy atom. The molecule has 9 heteroatoms. The topological polar surface area (TPSA) is 75.6 Å². The second-order valence-corrected chi connectivity index (χ2v) is 5.88. The Labute approximate surface area is 113 Å². The molecule has 2 rings (SSSR count). The van der Waals surface area contributed by atoms with Crippen molar-refractivity contribution in [3.63, 3.8) is 0 Å². The molecule has 0 aromatic carbocycles. The van der Waals surface area contributed by atoms with E-state index in [2.05, 4.69) is 5.10 Å². The number of aromatic nitrogens is 2. The minimum atomic E-state index is -4.65.